The lowest BCUT2D eigenvalue weighted by Crippen LogP contribution is -2.31. The van der Waals surface area contributed by atoms with E-state index in [0.29, 0.717) is 21.9 Å². The smallest absolute Gasteiger partial charge is 0.272 e. The quantitative estimate of drug-likeness (QED) is 0.725. The number of hydrogen-bond acceptors (Lipinski definition) is 5. The van der Waals surface area contributed by atoms with E-state index < -0.39 is 0 Å². The molecular formula is C19H19NO3S2. The minimum absolute atomic E-state index is 0.195. The number of amides is 2. The lowest BCUT2D eigenvalue weighted by Gasteiger charge is -2.19. The molecule has 0 N–H and O–H groups in total. The van der Waals surface area contributed by atoms with Gasteiger partial charge >= 0.3 is 0 Å². The molecule has 4 nitrogen and oxygen atoms in total. The Morgan fingerprint density at radius 1 is 1.16 bits per heavy atom. The van der Waals surface area contributed by atoms with Crippen LogP contribution < -0.4 is 9.64 Å². The first kappa shape index (κ1) is 17.8. The number of thiophene rings is 1. The maximum Gasteiger partial charge on any atom is 0.272 e. The molecule has 6 heteroatoms. The lowest BCUT2D eigenvalue weighted by atomic mass is 10.2. The summed E-state index contributed by atoms with van der Waals surface area (Å²) in [7, 11) is 1.54. The van der Waals surface area contributed by atoms with Crippen LogP contribution in [-0.2, 0) is 9.59 Å². The Hall–Kier alpha value is -2.05. The number of benzene rings is 1. The van der Waals surface area contributed by atoms with Crippen molar-refractivity contribution in [2.75, 3.05) is 12.0 Å². The second-order valence-electron chi connectivity index (χ2n) is 5.97. The van der Waals surface area contributed by atoms with Crippen molar-refractivity contribution in [2.24, 2.45) is 0 Å². The first-order valence-electron chi connectivity index (χ1n) is 7.92. The van der Waals surface area contributed by atoms with Crippen LogP contribution in [0.4, 0.5) is 5.69 Å². The van der Waals surface area contributed by atoms with E-state index in [9.17, 15) is 9.59 Å². The molecule has 0 atom stereocenters. The Balaban J connectivity index is 2.13. The minimum Gasteiger partial charge on any atom is -0.495 e. The van der Waals surface area contributed by atoms with Gasteiger partial charge in [-0.15, -0.1) is 23.1 Å². The molecule has 3 rings (SSSR count). The molecule has 25 heavy (non-hydrogen) atoms. The summed E-state index contributed by atoms with van der Waals surface area (Å²) in [6.07, 6.45) is 0. The van der Waals surface area contributed by atoms with Crippen molar-refractivity contribution in [2.45, 2.75) is 26.0 Å². The van der Waals surface area contributed by atoms with Gasteiger partial charge in [-0.2, -0.15) is 0 Å². The average Bonchev–Trinajstić information content (AvgIpc) is 3.15. The van der Waals surface area contributed by atoms with Gasteiger partial charge in [-0.05, 0) is 36.1 Å². The van der Waals surface area contributed by atoms with Crippen molar-refractivity contribution in [1.82, 2.24) is 0 Å². The molecule has 2 aromatic rings. The van der Waals surface area contributed by atoms with Crippen LogP contribution in [0.3, 0.4) is 0 Å². The largest absolute Gasteiger partial charge is 0.495 e. The zero-order valence-electron chi connectivity index (χ0n) is 14.5. The molecule has 0 saturated heterocycles. The topological polar surface area (TPSA) is 46.6 Å². The number of rotatable bonds is 5. The van der Waals surface area contributed by atoms with E-state index in [4.69, 9.17) is 4.74 Å². The van der Waals surface area contributed by atoms with Crippen LogP contribution in [0.15, 0.2) is 40.6 Å². The molecule has 0 unspecified atom stereocenters. The van der Waals surface area contributed by atoms with Gasteiger partial charge in [0.15, 0.2) is 0 Å². The van der Waals surface area contributed by atoms with Crippen LogP contribution in [0.2, 0.25) is 0 Å². The molecule has 1 aliphatic heterocycles. The number of aryl methyl sites for hydroxylation is 1. The van der Waals surface area contributed by atoms with Crippen molar-refractivity contribution in [3.63, 3.8) is 0 Å². The number of nitrogens with zero attached hydrogens (tertiary/aromatic N) is 1. The minimum atomic E-state index is -0.292. The van der Waals surface area contributed by atoms with Crippen LogP contribution in [0.25, 0.3) is 5.57 Å². The highest BCUT2D eigenvalue weighted by Crippen LogP contribution is 2.43. The number of thioether (sulfide) groups is 1. The van der Waals surface area contributed by atoms with E-state index >= 15 is 0 Å². The number of carbonyl (C=O) groups excluding carboxylic acids is 2. The highest BCUT2D eigenvalue weighted by Gasteiger charge is 2.42. The zero-order chi connectivity index (χ0) is 18.1. The van der Waals surface area contributed by atoms with E-state index in [1.807, 2.05) is 50.4 Å². The first-order valence-corrected chi connectivity index (χ1v) is 9.68. The van der Waals surface area contributed by atoms with Gasteiger partial charge < -0.3 is 4.74 Å². The molecule has 0 spiro atoms. The first-order chi connectivity index (χ1) is 11.9. The van der Waals surface area contributed by atoms with Gasteiger partial charge in [-0.3, -0.25) is 9.59 Å². The monoisotopic (exact) mass is 373 g/mol. The maximum absolute atomic E-state index is 13.2. The van der Waals surface area contributed by atoms with Crippen LogP contribution in [0.1, 0.15) is 24.3 Å². The van der Waals surface area contributed by atoms with Gasteiger partial charge in [0.25, 0.3) is 11.8 Å². The Morgan fingerprint density at radius 3 is 2.52 bits per heavy atom. The molecular weight excluding hydrogens is 354 g/mol. The molecule has 130 valence electrons. The molecule has 0 radical (unpaired) electrons. The van der Waals surface area contributed by atoms with Crippen LogP contribution >= 0.6 is 23.1 Å². The number of hydrogen-bond donors (Lipinski definition) is 0. The molecule has 1 aromatic heterocycles. The fourth-order valence-corrected chi connectivity index (χ4v) is 4.50. The molecule has 0 fully saturated rings. The molecule has 0 saturated carbocycles. The van der Waals surface area contributed by atoms with Crippen molar-refractivity contribution in [3.8, 4) is 5.75 Å². The van der Waals surface area contributed by atoms with Crippen molar-refractivity contribution in [3.05, 3.63) is 51.1 Å². The molecule has 2 heterocycles. The molecule has 1 aliphatic rings. The standard InChI is InChI=1S/C19H19NO3S2/c1-11(2)25-17-16(15-6-5-9-24-15)18(21)20(19(17)22)13-10-12(3)7-8-14(13)23-4/h5-11H,1-4H3. The number of anilines is 1. The predicted octanol–water partition coefficient (Wildman–Crippen LogP) is 4.49. The van der Waals surface area contributed by atoms with Crippen LogP contribution in [-0.4, -0.2) is 24.2 Å². The van der Waals surface area contributed by atoms with E-state index in [1.54, 1.807) is 6.07 Å². The normalized spacial score (nSPS) is 14.8. The van der Waals surface area contributed by atoms with Gasteiger partial charge in [0.05, 0.1) is 23.3 Å². The van der Waals surface area contributed by atoms with Crippen molar-refractivity contribution in [1.29, 1.82) is 0 Å². The SMILES string of the molecule is COc1ccc(C)cc1N1C(=O)C(SC(C)C)=C(c2cccs2)C1=O. The third kappa shape index (κ3) is 3.24. The summed E-state index contributed by atoms with van der Waals surface area (Å²) in [5.41, 5.74) is 1.94. The van der Waals surface area contributed by atoms with Crippen molar-refractivity contribution >= 4 is 46.2 Å². The molecule has 2 amide bonds. The van der Waals surface area contributed by atoms with Crippen LogP contribution in [0, 0.1) is 6.92 Å². The van der Waals surface area contributed by atoms with E-state index in [1.165, 1.54) is 35.1 Å². The Kier molecular flexibility index (Phi) is 5.01. The second-order valence-corrected chi connectivity index (χ2v) is 8.50. The highest BCUT2D eigenvalue weighted by molar-refractivity contribution is 8.04. The lowest BCUT2D eigenvalue weighted by molar-refractivity contribution is -0.119. The fraction of sp³-hybridized carbons (Fsp3) is 0.263. The third-order valence-electron chi connectivity index (χ3n) is 3.74. The fourth-order valence-electron chi connectivity index (χ4n) is 2.69. The van der Waals surface area contributed by atoms with E-state index in [0.717, 1.165) is 10.4 Å². The second kappa shape index (κ2) is 7.06. The summed E-state index contributed by atoms with van der Waals surface area (Å²) in [6, 6.07) is 9.25. The number of carbonyl (C=O) groups is 2. The van der Waals surface area contributed by atoms with Crippen LogP contribution in [0.5, 0.6) is 5.75 Å². The summed E-state index contributed by atoms with van der Waals surface area (Å²) in [6.45, 7) is 5.94. The predicted molar refractivity (Wildman–Crippen MR) is 104 cm³/mol. The summed E-state index contributed by atoms with van der Waals surface area (Å²) in [5.74, 6) is -0.0656. The Bertz CT molecular complexity index is 854. The van der Waals surface area contributed by atoms with Gasteiger partial charge in [-0.25, -0.2) is 4.90 Å². The van der Waals surface area contributed by atoms with Gasteiger partial charge in [0.2, 0.25) is 0 Å². The van der Waals surface area contributed by atoms with Gasteiger partial charge in [0.1, 0.15) is 5.75 Å². The summed E-state index contributed by atoms with van der Waals surface area (Å²) >= 11 is 2.89. The van der Waals surface area contributed by atoms with Gasteiger partial charge in [0, 0.05) is 10.1 Å². The Labute approximate surface area is 155 Å². The maximum atomic E-state index is 13.2. The number of imide groups is 1. The average molecular weight is 373 g/mol. The zero-order valence-corrected chi connectivity index (χ0v) is 16.2. The van der Waals surface area contributed by atoms with E-state index in [-0.39, 0.29) is 17.1 Å². The summed E-state index contributed by atoms with van der Waals surface area (Å²) in [4.78, 5) is 28.8. The van der Waals surface area contributed by atoms with E-state index in [2.05, 4.69) is 0 Å². The number of ether oxygens (including phenoxy) is 1. The number of methoxy groups -OCH3 is 1. The molecule has 0 aliphatic carbocycles. The molecule has 1 aromatic carbocycles. The summed E-state index contributed by atoms with van der Waals surface area (Å²) < 4.78 is 5.38. The summed E-state index contributed by atoms with van der Waals surface area (Å²) in [5, 5.41) is 2.11. The highest BCUT2D eigenvalue weighted by atomic mass is 32.2. The Morgan fingerprint density at radius 2 is 1.92 bits per heavy atom. The van der Waals surface area contributed by atoms with Crippen molar-refractivity contribution < 1.29 is 14.3 Å². The third-order valence-corrected chi connectivity index (χ3v) is 5.71. The molecule has 0 bridgehead atoms. The van der Waals surface area contributed by atoms with Gasteiger partial charge in [-0.1, -0.05) is 26.0 Å².